The second-order valence-corrected chi connectivity index (χ2v) is 2.00. The summed E-state index contributed by atoms with van der Waals surface area (Å²) < 4.78 is 0. The van der Waals surface area contributed by atoms with Gasteiger partial charge in [0, 0.05) is 0 Å². The van der Waals surface area contributed by atoms with E-state index in [9.17, 15) is 0 Å². The summed E-state index contributed by atoms with van der Waals surface area (Å²) in [5.41, 5.74) is 1.82. The lowest BCUT2D eigenvalue weighted by atomic mass is 10.3. The van der Waals surface area contributed by atoms with Gasteiger partial charge in [-0.2, -0.15) is 0 Å². The van der Waals surface area contributed by atoms with Crippen molar-refractivity contribution in [2.45, 2.75) is 0 Å². The molecular formula is C9H10N2. The van der Waals surface area contributed by atoms with Crippen LogP contribution in [-0.4, -0.2) is 9.97 Å². The molecular weight excluding hydrogens is 136 g/mol. The topological polar surface area (TPSA) is 28.7 Å². The van der Waals surface area contributed by atoms with Crippen molar-refractivity contribution in [1.29, 1.82) is 0 Å². The molecule has 0 bridgehead atoms. The summed E-state index contributed by atoms with van der Waals surface area (Å²) in [5, 5.41) is 0. The van der Waals surface area contributed by atoms with Crippen LogP contribution < -0.4 is 0 Å². The van der Waals surface area contributed by atoms with Gasteiger partial charge in [-0.25, -0.2) is 4.98 Å². The van der Waals surface area contributed by atoms with Crippen molar-refractivity contribution in [3.05, 3.63) is 43.0 Å². The smallest absolute Gasteiger partial charge is 0.0931 e. The molecule has 0 aliphatic rings. The Kier molecular flexibility index (Phi) is 2.44. The second kappa shape index (κ2) is 3.56. The molecule has 0 aliphatic heterocycles. The minimum Gasteiger partial charge on any atom is -0.345 e. The number of aromatic amines is 1. The Hall–Kier alpha value is -1.57. The maximum atomic E-state index is 4.03. The normalized spacial score (nSPS) is 10.2. The monoisotopic (exact) mass is 146 g/mol. The van der Waals surface area contributed by atoms with Gasteiger partial charge in [0.1, 0.15) is 0 Å². The number of hydrogen-bond donors (Lipinski definition) is 1. The molecule has 2 heteroatoms. The number of rotatable bonds is 3. The summed E-state index contributed by atoms with van der Waals surface area (Å²) in [7, 11) is 0. The van der Waals surface area contributed by atoms with Gasteiger partial charge in [-0.3, -0.25) is 0 Å². The van der Waals surface area contributed by atoms with Gasteiger partial charge in [-0.1, -0.05) is 25.3 Å². The van der Waals surface area contributed by atoms with Gasteiger partial charge in [0.05, 0.1) is 17.7 Å². The molecule has 56 valence electrons. The number of nitrogens with one attached hydrogen (secondary N) is 1. The van der Waals surface area contributed by atoms with Gasteiger partial charge in [0.25, 0.3) is 0 Å². The summed E-state index contributed by atoms with van der Waals surface area (Å²) in [6.45, 7) is 7.20. The van der Waals surface area contributed by atoms with Crippen LogP contribution >= 0.6 is 0 Å². The van der Waals surface area contributed by atoms with Gasteiger partial charge in [-0.15, -0.1) is 0 Å². The minimum atomic E-state index is 0.864. The van der Waals surface area contributed by atoms with Crippen molar-refractivity contribution in [2.75, 3.05) is 0 Å². The third-order valence-electron chi connectivity index (χ3n) is 1.29. The minimum absolute atomic E-state index is 0.864. The molecule has 0 aromatic carbocycles. The molecule has 11 heavy (non-hydrogen) atoms. The average Bonchev–Trinajstić information content (AvgIpc) is 2.47. The Balaban J connectivity index is 2.92. The first-order valence-electron chi connectivity index (χ1n) is 3.33. The van der Waals surface area contributed by atoms with E-state index >= 15 is 0 Å². The van der Waals surface area contributed by atoms with E-state index in [0.717, 1.165) is 11.4 Å². The molecule has 2 nitrogen and oxygen atoms in total. The number of allylic oxidation sites excluding steroid dienone is 2. The molecule has 0 fully saturated rings. The maximum absolute atomic E-state index is 4.03. The van der Waals surface area contributed by atoms with Crippen molar-refractivity contribution in [2.24, 2.45) is 0 Å². The highest BCUT2D eigenvalue weighted by Crippen LogP contribution is 2.05. The zero-order chi connectivity index (χ0) is 8.10. The predicted octanol–water partition coefficient (Wildman–Crippen LogP) is 2.25. The molecule has 0 aliphatic carbocycles. The quantitative estimate of drug-likeness (QED) is 0.651. The molecule has 0 radical (unpaired) electrons. The van der Waals surface area contributed by atoms with Crippen molar-refractivity contribution >= 4 is 12.2 Å². The Labute approximate surface area is 66.0 Å². The average molecular weight is 146 g/mol. The van der Waals surface area contributed by atoms with E-state index in [0.29, 0.717) is 0 Å². The van der Waals surface area contributed by atoms with E-state index in [-0.39, 0.29) is 0 Å². The number of hydrogen-bond acceptors (Lipinski definition) is 1. The Morgan fingerprint density at radius 3 is 2.91 bits per heavy atom. The lowest BCUT2D eigenvalue weighted by molar-refractivity contribution is 1.30. The third-order valence-corrected chi connectivity index (χ3v) is 1.29. The molecule has 0 unspecified atom stereocenters. The van der Waals surface area contributed by atoms with Crippen LogP contribution in [-0.2, 0) is 0 Å². The van der Waals surface area contributed by atoms with Crippen LogP contribution in [0.2, 0.25) is 0 Å². The van der Waals surface area contributed by atoms with Crippen LogP contribution in [0.1, 0.15) is 11.4 Å². The first kappa shape index (κ1) is 7.54. The Morgan fingerprint density at radius 2 is 2.27 bits per heavy atom. The highest BCUT2D eigenvalue weighted by atomic mass is 14.9. The van der Waals surface area contributed by atoms with Crippen LogP contribution in [0.5, 0.6) is 0 Å². The van der Waals surface area contributed by atoms with Crippen molar-refractivity contribution in [1.82, 2.24) is 9.97 Å². The Bertz CT molecular complexity index is 282. The van der Waals surface area contributed by atoms with Crippen LogP contribution in [0, 0.1) is 0 Å². The van der Waals surface area contributed by atoms with Crippen LogP contribution in [0.4, 0.5) is 0 Å². The number of imidazole rings is 1. The molecule has 0 atom stereocenters. The van der Waals surface area contributed by atoms with Crippen LogP contribution in [0.3, 0.4) is 0 Å². The fraction of sp³-hybridized carbons (Fsp3) is 0. The fourth-order valence-corrected chi connectivity index (χ4v) is 0.775. The fourth-order valence-electron chi connectivity index (χ4n) is 0.775. The molecule has 0 saturated heterocycles. The van der Waals surface area contributed by atoms with Crippen molar-refractivity contribution in [3.63, 3.8) is 0 Å². The van der Waals surface area contributed by atoms with Gasteiger partial charge in [0.15, 0.2) is 0 Å². The predicted molar refractivity (Wildman–Crippen MR) is 47.9 cm³/mol. The molecule has 1 aromatic rings. The molecule has 0 saturated carbocycles. The van der Waals surface area contributed by atoms with Crippen LogP contribution in [0.25, 0.3) is 12.2 Å². The first-order chi connectivity index (χ1) is 5.38. The number of nitrogens with zero attached hydrogens (tertiary/aromatic N) is 1. The highest BCUT2D eigenvalue weighted by Gasteiger charge is 1.94. The molecule has 0 amide bonds. The summed E-state index contributed by atoms with van der Waals surface area (Å²) in [6, 6.07) is 0. The largest absolute Gasteiger partial charge is 0.345 e. The van der Waals surface area contributed by atoms with Gasteiger partial charge < -0.3 is 4.98 Å². The van der Waals surface area contributed by atoms with Gasteiger partial charge >= 0.3 is 0 Å². The maximum Gasteiger partial charge on any atom is 0.0931 e. The second-order valence-electron chi connectivity index (χ2n) is 2.00. The molecule has 1 N–H and O–H groups in total. The first-order valence-corrected chi connectivity index (χ1v) is 3.33. The molecule has 1 rings (SSSR count). The number of H-pyrrole nitrogens is 1. The van der Waals surface area contributed by atoms with E-state index in [1.807, 2.05) is 12.2 Å². The molecule has 0 spiro atoms. The van der Waals surface area contributed by atoms with Crippen molar-refractivity contribution < 1.29 is 0 Å². The van der Waals surface area contributed by atoms with E-state index < -0.39 is 0 Å². The number of aromatic nitrogens is 2. The van der Waals surface area contributed by atoms with Crippen molar-refractivity contribution in [3.8, 4) is 0 Å². The van der Waals surface area contributed by atoms with E-state index in [2.05, 4.69) is 23.1 Å². The Morgan fingerprint density at radius 1 is 1.45 bits per heavy atom. The molecule has 1 aromatic heterocycles. The summed E-state index contributed by atoms with van der Waals surface area (Å²) in [5.74, 6) is 0. The summed E-state index contributed by atoms with van der Waals surface area (Å²) >= 11 is 0. The SMILES string of the molecule is C=C/C=C\c1[nH]cnc1C=C. The van der Waals surface area contributed by atoms with Crippen LogP contribution in [0.15, 0.2) is 31.6 Å². The lowest BCUT2D eigenvalue weighted by Crippen LogP contribution is -1.74. The third kappa shape index (κ3) is 1.67. The summed E-state index contributed by atoms with van der Waals surface area (Å²) in [6.07, 6.45) is 8.81. The van der Waals surface area contributed by atoms with E-state index in [1.54, 1.807) is 18.5 Å². The summed E-state index contributed by atoms with van der Waals surface area (Å²) in [4.78, 5) is 7.00. The van der Waals surface area contributed by atoms with Gasteiger partial charge in [0.2, 0.25) is 0 Å². The van der Waals surface area contributed by atoms with Gasteiger partial charge in [-0.05, 0) is 12.2 Å². The lowest BCUT2D eigenvalue weighted by Gasteiger charge is -1.86. The van der Waals surface area contributed by atoms with E-state index in [4.69, 9.17) is 0 Å². The zero-order valence-electron chi connectivity index (χ0n) is 6.25. The highest BCUT2D eigenvalue weighted by molar-refractivity contribution is 5.58. The zero-order valence-corrected chi connectivity index (χ0v) is 6.25. The van der Waals surface area contributed by atoms with E-state index in [1.165, 1.54) is 0 Å². The molecule has 1 heterocycles. The standard InChI is InChI=1S/C9H10N2/c1-3-5-6-9-8(4-2)10-7-11-9/h3-7H,1-2H2,(H,10,11)/b6-5-.